The van der Waals surface area contributed by atoms with Gasteiger partial charge in [0.2, 0.25) is 0 Å². The minimum Gasteiger partial charge on any atom is -0.286 e. The molecule has 0 aromatic carbocycles. The van der Waals surface area contributed by atoms with Gasteiger partial charge < -0.3 is 0 Å². The summed E-state index contributed by atoms with van der Waals surface area (Å²) in [5.74, 6) is 0.697. The van der Waals surface area contributed by atoms with Crippen LogP contribution in [0, 0.1) is 12.8 Å². The summed E-state index contributed by atoms with van der Waals surface area (Å²) in [5, 5.41) is 0.538. The maximum absolute atomic E-state index is 9.75. The molecular weight excluding hydrogens is 363 g/mol. The second-order valence-electron chi connectivity index (χ2n) is 7.56. The van der Waals surface area contributed by atoms with E-state index in [0.29, 0.717) is 5.16 Å². The first-order chi connectivity index (χ1) is 12.2. The van der Waals surface area contributed by atoms with Crippen molar-refractivity contribution in [2.24, 2.45) is 5.92 Å². The SMILES string of the molecule is CCCCC(CCCC)C(P)(CCCC)CCCC.[CH2]CCS(=O)(=O)O. The Kier molecular flexibility index (Phi) is 19.1. The van der Waals surface area contributed by atoms with Gasteiger partial charge in [-0.3, -0.25) is 4.55 Å². The van der Waals surface area contributed by atoms with Crippen molar-refractivity contribution >= 4 is 19.4 Å². The van der Waals surface area contributed by atoms with Crippen LogP contribution in [0.1, 0.15) is 111 Å². The van der Waals surface area contributed by atoms with Crippen LogP contribution in [0.5, 0.6) is 0 Å². The van der Waals surface area contributed by atoms with E-state index in [4.69, 9.17) is 4.55 Å². The smallest absolute Gasteiger partial charge is 0.264 e. The van der Waals surface area contributed by atoms with Crippen LogP contribution < -0.4 is 0 Å². The van der Waals surface area contributed by atoms with Gasteiger partial charge in [0.15, 0.2) is 0 Å². The van der Waals surface area contributed by atoms with Crippen LogP contribution in [0.2, 0.25) is 0 Å². The molecule has 3 nitrogen and oxygen atoms in total. The second-order valence-corrected chi connectivity index (χ2v) is 10.3. The van der Waals surface area contributed by atoms with Crippen molar-refractivity contribution in [3.63, 3.8) is 0 Å². The molecule has 1 atom stereocenters. The van der Waals surface area contributed by atoms with Crippen molar-refractivity contribution in [3.8, 4) is 0 Å². The molecule has 0 rings (SSSR count). The molecule has 159 valence electrons. The number of hydrogen-bond donors (Lipinski definition) is 1. The molecule has 0 aliphatic heterocycles. The average Bonchev–Trinajstić information content (AvgIpc) is 2.57. The van der Waals surface area contributed by atoms with Crippen molar-refractivity contribution in [3.05, 3.63) is 6.92 Å². The van der Waals surface area contributed by atoms with Gasteiger partial charge in [-0.2, -0.15) is 8.42 Å². The van der Waals surface area contributed by atoms with Crippen molar-refractivity contribution in [1.82, 2.24) is 0 Å². The molecule has 0 amide bonds. The largest absolute Gasteiger partial charge is 0.286 e. The van der Waals surface area contributed by atoms with E-state index in [1.807, 2.05) is 0 Å². The van der Waals surface area contributed by atoms with Gasteiger partial charge in [0.25, 0.3) is 10.1 Å². The van der Waals surface area contributed by atoms with Crippen molar-refractivity contribution < 1.29 is 13.0 Å². The Hall–Kier alpha value is 0.340. The Bertz CT molecular complexity index is 380. The summed E-state index contributed by atoms with van der Waals surface area (Å²) in [7, 11) is -0.416. The quantitative estimate of drug-likeness (QED) is 0.232. The van der Waals surface area contributed by atoms with E-state index >= 15 is 0 Å². The zero-order valence-electron chi connectivity index (χ0n) is 17.9. The summed E-state index contributed by atoms with van der Waals surface area (Å²) >= 11 is 0. The number of unbranched alkanes of at least 4 members (excludes halogenated alkanes) is 4. The van der Waals surface area contributed by atoms with Crippen molar-refractivity contribution in [2.75, 3.05) is 5.75 Å². The molecule has 0 spiro atoms. The third-order valence-electron chi connectivity index (χ3n) is 5.02. The maximum atomic E-state index is 9.75. The van der Waals surface area contributed by atoms with Gasteiger partial charge in [-0.1, -0.05) is 86.0 Å². The van der Waals surface area contributed by atoms with Gasteiger partial charge in [-0.15, -0.1) is 9.24 Å². The topological polar surface area (TPSA) is 54.4 Å². The fraction of sp³-hybridized carbons (Fsp3) is 0.952. The Balaban J connectivity index is 0. The normalized spacial score (nSPS) is 12.2. The highest BCUT2D eigenvalue weighted by atomic mass is 32.2. The predicted molar refractivity (Wildman–Crippen MR) is 120 cm³/mol. The monoisotopic (exact) mass is 409 g/mol. The first-order valence-corrected chi connectivity index (χ1v) is 12.9. The Morgan fingerprint density at radius 1 is 0.885 bits per heavy atom. The summed E-state index contributed by atoms with van der Waals surface area (Å²) in [6, 6.07) is 0. The molecule has 0 aliphatic carbocycles. The van der Waals surface area contributed by atoms with Crippen LogP contribution in [0.3, 0.4) is 0 Å². The molecule has 0 heterocycles. The van der Waals surface area contributed by atoms with Crippen LogP contribution in [0.25, 0.3) is 0 Å². The Morgan fingerprint density at radius 2 is 1.27 bits per heavy atom. The van der Waals surface area contributed by atoms with Crippen LogP contribution in [0.15, 0.2) is 0 Å². The highest BCUT2D eigenvalue weighted by Crippen LogP contribution is 2.43. The first kappa shape index (κ1) is 28.5. The van der Waals surface area contributed by atoms with E-state index < -0.39 is 10.1 Å². The van der Waals surface area contributed by atoms with E-state index in [0.717, 1.165) is 5.92 Å². The van der Waals surface area contributed by atoms with Gasteiger partial charge in [0.1, 0.15) is 0 Å². The van der Waals surface area contributed by atoms with Gasteiger partial charge >= 0.3 is 0 Å². The highest BCUT2D eigenvalue weighted by molar-refractivity contribution is 7.85. The summed E-state index contributed by atoms with van der Waals surface area (Å²) in [6.07, 6.45) is 17.0. The first-order valence-electron chi connectivity index (χ1n) is 10.7. The lowest BCUT2D eigenvalue weighted by Crippen LogP contribution is -2.32. The molecule has 0 aliphatic rings. The molecular formula is C21H46O3PS. The molecule has 0 bridgehead atoms. The summed E-state index contributed by atoms with van der Waals surface area (Å²) < 4.78 is 27.4. The summed E-state index contributed by atoms with van der Waals surface area (Å²) in [6.45, 7) is 12.6. The van der Waals surface area contributed by atoms with Crippen LogP contribution >= 0.6 is 9.24 Å². The van der Waals surface area contributed by atoms with Crippen LogP contribution in [-0.2, 0) is 10.1 Å². The predicted octanol–water partition coefficient (Wildman–Crippen LogP) is 7.08. The maximum Gasteiger partial charge on any atom is 0.264 e. The van der Waals surface area contributed by atoms with E-state index in [2.05, 4.69) is 43.9 Å². The zero-order valence-corrected chi connectivity index (χ0v) is 19.9. The second kappa shape index (κ2) is 17.4. The molecule has 1 unspecified atom stereocenters. The van der Waals surface area contributed by atoms with E-state index in [-0.39, 0.29) is 12.2 Å². The van der Waals surface area contributed by atoms with E-state index in [9.17, 15) is 8.42 Å². The molecule has 0 saturated heterocycles. The molecule has 5 heteroatoms. The number of rotatable bonds is 15. The van der Waals surface area contributed by atoms with E-state index in [1.54, 1.807) is 0 Å². The van der Waals surface area contributed by atoms with Gasteiger partial charge in [0.05, 0.1) is 5.75 Å². The summed E-state index contributed by atoms with van der Waals surface area (Å²) in [4.78, 5) is 0. The fourth-order valence-electron chi connectivity index (χ4n) is 3.35. The van der Waals surface area contributed by atoms with Crippen LogP contribution in [-0.4, -0.2) is 23.9 Å². The lowest BCUT2D eigenvalue weighted by atomic mass is 9.77. The third kappa shape index (κ3) is 16.5. The van der Waals surface area contributed by atoms with Gasteiger partial charge in [-0.05, 0) is 43.2 Å². The highest BCUT2D eigenvalue weighted by Gasteiger charge is 2.32. The fourth-order valence-corrected chi connectivity index (χ4v) is 4.45. The molecule has 26 heavy (non-hydrogen) atoms. The Morgan fingerprint density at radius 3 is 1.50 bits per heavy atom. The number of hydrogen-bond acceptors (Lipinski definition) is 2. The molecule has 0 saturated carbocycles. The zero-order chi connectivity index (χ0) is 20.5. The van der Waals surface area contributed by atoms with E-state index in [1.165, 1.54) is 77.0 Å². The van der Waals surface area contributed by atoms with Gasteiger partial charge in [-0.25, -0.2) is 0 Å². The van der Waals surface area contributed by atoms with Gasteiger partial charge in [0, 0.05) is 0 Å². The minimum atomic E-state index is -3.74. The average molecular weight is 410 g/mol. The summed E-state index contributed by atoms with van der Waals surface area (Å²) in [5.41, 5.74) is 0. The molecule has 0 aromatic rings. The Labute approximate surface area is 167 Å². The van der Waals surface area contributed by atoms with Crippen molar-refractivity contribution in [1.29, 1.82) is 0 Å². The standard InChI is InChI=1S/C18H39P.C3H7O3S/c1-5-9-13-17(14-10-6-2)18(19,15-11-7-3)16-12-8-4;1-2-3-7(4,5)6/h17H,5-16,19H2,1-4H3;1-3H2,(H,4,5,6). The molecule has 0 aromatic heterocycles. The molecule has 1 N–H and O–H groups in total. The lowest BCUT2D eigenvalue weighted by molar-refractivity contribution is 0.276. The third-order valence-corrected chi connectivity index (χ3v) is 6.87. The molecule has 1 radical (unpaired) electrons. The molecule has 0 fully saturated rings. The van der Waals surface area contributed by atoms with Crippen LogP contribution in [0.4, 0.5) is 0 Å². The van der Waals surface area contributed by atoms with Crippen molar-refractivity contribution in [2.45, 2.75) is 116 Å². The lowest BCUT2D eigenvalue weighted by Gasteiger charge is -2.38. The minimum absolute atomic E-state index is 0.221.